The molecule has 0 fully saturated rings. The molecule has 0 saturated heterocycles. The van der Waals surface area contributed by atoms with Crippen LogP contribution in [-0.2, 0) is 11.3 Å². The van der Waals surface area contributed by atoms with E-state index in [0.29, 0.717) is 18.6 Å². The monoisotopic (exact) mass is 236 g/mol. The Bertz CT molecular complexity index is 416. The van der Waals surface area contributed by atoms with Gasteiger partial charge in [-0.15, -0.1) is 0 Å². The van der Waals surface area contributed by atoms with Crippen molar-refractivity contribution in [1.82, 2.24) is 0 Å². The number of aliphatic hydroxyl groups is 1. The van der Waals surface area contributed by atoms with Gasteiger partial charge in [0.2, 0.25) is 0 Å². The summed E-state index contributed by atoms with van der Waals surface area (Å²) in [6.07, 6.45) is 0.513. The normalized spacial score (nSPS) is 10.2. The third-order valence-corrected chi connectivity index (χ3v) is 2.10. The van der Waals surface area contributed by atoms with Crippen molar-refractivity contribution in [3.63, 3.8) is 0 Å². The van der Waals surface area contributed by atoms with E-state index in [4.69, 9.17) is 9.84 Å². The molecule has 0 unspecified atom stereocenters. The van der Waals surface area contributed by atoms with Gasteiger partial charge >= 0.3 is 0 Å². The van der Waals surface area contributed by atoms with Gasteiger partial charge in [-0.25, -0.2) is 4.39 Å². The van der Waals surface area contributed by atoms with Crippen LogP contribution in [0.2, 0.25) is 0 Å². The zero-order valence-corrected chi connectivity index (χ0v) is 10.2. The van der Waals surface area contributed by atoms with Crippen molar-refractivity contribution in [1.29, 1.82) is 0 Å². The Hall–Kier alpha value is -1.37. The molecule has 17 heavy (non-hydrogen) atoms. The standard InChI is InChI=1S/C14H17FO2/c1-11(2)17-10-13-6-7-14(15)9-12(13)5-3-4-8-16/h6-7,9,11,16H,4,8,10H2,1-2H3. The van der Waals surface area contributed by atoms with E-state index in [1.165, 1.54) is 12.1 Å². The quantitative estimate of drug-likeness (QED) is 0.814. The molecule has 0 aliphatic heterocycles. The maximum Gasteiger partial charge on any atom is 0.124 e. The molecular formula is C14H17FO2. The van der Waals surface area contributed by atoms with E-state index >= 15 is 0 Å². The van der Waals surface area contributed by atoms with Gasteiger partial charge < -0.3 is 9.84 Å². The first-order valence-electron chi connectivity index (χ1n) is 5.63. The van der Waals surface area contributed by atoms with E-state index in [1.54, 1.807) is 6.07 Å². The van der Waals surface area contributed by atoms with E-state index in [0.717, 1.165) is 5.56 Å². The SMILES string of the molecule is CC(C)OCc1ccc(F)cc1C#CCCO. The largest absolute Gasteiger partial charge is 0.395 e. The Morgan fingerprint density at radius 2 is 2.18 bits per heavy atom. The predicted octanol–water partition coefficient (Wildman–Crippen LogP) is 2.48. The maximum atomic E-state index is 13.1. The summed E-state index contributed by atoms with van der Waals surface area (Å²) >= 11 is 0. The van der Waals surface area contributed by atoms with Crippen molar-refractivity contribution in [3.8, 4) is 11.8 Å². The van der Waals surface area contributed by atoms with Gasteiger partial charge in [0.15, 0.2) is 0 Å². The zero-order chi connectivity index (χ0) is 12.7. The highest BCUT2D eigenvalue weighted by Crippen LogP contribution is 2.12. The second-order valence-corrected chi connectivity index (χ2v) is 3.94. The van der Waals surface area contributed by atoms with Gasteiger partial charge in [-0.3, -0.25) is 0 Å². The third kappa shape index (κ3) is 4.99. The smallest absolute Gasteiger partial charge is 0.124 e. The summed E-state index contributed by atoms with van der Waals surface area (Å²) in [5, 5.41) is 8.64. The number of hydrogen-bond acceptors (Lipinski definition) is 2. The summed E-state index contributed by atoms with van der Waals surface area (Å²) in [5.41, 5.74) is 1.49. The van der Waals surface area contributed by atoms with Gasteiger partial charge in [0.1, 0.15) is 5.82 Å². The Labute approximate surface area is 101 Å². The van der Waals surface area contributed by atoms with Crippen LogP contribution in [0.5, 0.6) is 0 Å². The van der Waals surface area contributed by atoms with Gasteiger partial charge in [-0.2, -0.15) is 0 Å². The molecule has 0 aromatic heterocycles. The van der Waals surface area contributed by atoms with Gasteiger partial charge in [0.25, 0.3) is 0 Å². The van der Waals surface area contributed by atoms with Gasteiger partial charge in [0.05, 0.1) is 19.3 Å². The van der Waals surface area contributed by atoms with Crippen LogP contribution in [-0.4, -0.2) is 17.8 Å². The molecule has 0 atom stereocenters. The predicted molar refractivity (Wildman–Crippen MR) is 64.9 cm³/mol. The fourth-order valence-electron chi connectivity index (χ4n) is 1.26. The summed E-state index contributed by atoms with van der Waals surface area (Å²) in [5.74, 6) is 5.32. The van der Waals surface area contributed by atoms with Crippen molar-refractivity contribution in [2.75, 3.05) is 6.61 Å². The van der Waals surface area contributed by atoms with Crippen LogP contribution in [0.3, 0.4) is 0 Å². The second-order valence-electron chi connectivity index (χ2n) is 3.94. The number of ether oxygens (including phenoxy) is 1. The second kappa shape index (κ2) is 7.05. The number of aliphatic hydroxyl groups excluding tert-OH is 1. The first kappa shape index (κ1) is 13.7. The molecule has 0 radical (unpaired) electrons. The highest BCUT2D eigenvalue weighted by Gasteiger charge is 2.03. The fraction of sp³-hybridized carbons (Fsp3) is 0.429. The van der Waals surface area contributed by atoms with E-state index in [2.05, 4.69) is 11.8 Å². The molecule has 1 rings (SSSR count). The Kier molecular flexibility index (Phi) is 5.68. The van der Waals surface area contributed by atoms with Crippen molar-refractivity contribution < 1.29 is 14.2 Å². The average Bonchev–Trinajstić information content (AvgIpc) is 2.28. The average molecular weight is 236 g/mol. The molecule has 0 heterocycles. The topological polar surface area (TPSA) is 29.5 Å². The number of rotatable bonds is 4. The van der Waals surface area contributed by atoms with Crippen molar-refractivity contribution in [3.05, 3.63) is 35.1 Å². The first-order chi connectivity index (χ1) is 8.13. The molecule has 2 nitrogen and oxygen atoms in total. The highest BCUT2D eigenvalue weighted by molar-refractivity contribution is 5.41. The number of halogens is 1. The lowest BCUT2D eigenvalue weighted by molar-refractivity contribution is 0.0655. The molecule has 0 bridgehead atoms. The molecule has 3 heteroatoms. The summed E-state index contributed by atoms with van der Waals surface area (Å²) in [6.45, 7) is 4.32. The molecular weight excluding hydrogens is 219 g/mol. The Morgan fingerprint density at radius 1 is 1.41 bits per heavy atom. The third-order valence-electron chi connectivity index (χ3n) is 2.10. The summed E-state index contributed by atoms with van der Waals surface area (Å²) in [7, 11) is 0. The van der Waals surface area contributed by atoms with Gasteiger partial charge in [-0.1, -0.05) is 17.9 Å². The number of benzene rings is 1. The van der Waals surface area contributed by atoms with Crippen LogP contribution < -0.4 is 0 Å². The molecule has 1 aromatic rings. The van der Waals surface area contributed by atoms with Crippen LogP contribution in [0.4, 0.5) is 4.39 Å². The van der Waals surface area contributed by atoms with E-state index in [9.17, 15) is 4.39 Å². The molecule has 0 aliphatic rings. The number of hydrogen-bond donors (Lipinski definition) is 1. The van der Waals surface area contributed by atoms with Crippen molar-refractivity contribution in [2.45, 2.75) is 33.0 Å². The molecule has 1 aromatic carbocycles. The Balaban J connectivity index is 2.85. The summed E-state index contributed by atoms with van der Waals surface area (Å²) in [6, 6.07) is 4.47. The molecule has 0 spiro atoms. The lowest BCUT2D eigenvalue weighted by atomic mass is 10.1. The summed E-state index contributed by atoms with van der Waals surface area (Å²) < 4.78 is 18.6. The minimum Gasteiger partial charge on any atom is -0.395 e. The lowest BCUT2D eigenvalue weighted by Crippen LogP contribution is -2.03. The van der Waals surface area contributed by atoms with Crippen LogP contribution >= 0.6 is 0 Å². The zero-order valence-electron chi connectivity index (χ0n) is 10.2. The fourth-order valence-corrected chi connectivity index (χ4v) is 1.26. The minimum atomic E-state index is -0.313. The van der Waals surface area contributed by atoms with E-state index in [-0.39, 0.29) is 18.5 Å². The maximum absolute atomic E-state index is 13.1. The lowest BCUT2D eigenvalue weighted by Gasteiger charge is -2.09. The van der Waals surface area contributed by atoms with Crippen LogP contribution in [0.25, 0.3) is 0 Å². The van der Waals surface area contributed by atoms with E-state index in [1.807, 2.05) is 13.8 Å². The highest BCUT2D eigenvalue weighted by atomic mass is 19.1. The van der Waals surface area contributed by atoms with Gasteiger partial charge in [0, 0.05) is 12.0 Å². The summed E-state index contributed by atoms with van der Waals surface area (Å²) in [4.78, 5) is 0. The van der Waals surface area contributed by atoms with Crippen LogP contribution in [0.15, 0.2) is 18.2 Å². The first-order valence-corrected chi connectivity index (χ1v) is 5.63. The van der Waals surface area contributed by atoms with Gasteiger partial charge in [-0.05, 0) is 31.5 Å². The molecule has 92 valence electrons. The Morgan fingerprint density at radius 3 is 2.82 bits per heavy atom. The van der Waals surface area contributed by atoms with Crippen molar-refractivity contribution >= 4 is 0 Å². The molecule has 0 aliphatic carbocycles. The molecule has 0 amide bonds. The minimum absolute atomic E-state index is 0.0140. The van der Waals surface area contributed by atoms with Crippen LogP contribution in [0, 0.1) is 17.7 Å². The van der Waals surface area contributed by atoms with Crippen LogP contribution in [0.1, 0.15) is 31.4 Å². The molecule has 0 saturated carbocycles. The molecule has 1 N–H and O–H groups in total. The van der Waals surface area contributed by atoms with Crippen molar-refractivity contribution in [2.24, 2.45) is 0 Å². The van der Waals surface area contributed by atoms with E-state index < -0.39 is 0 Å².